The summed E-state index contributed by atoms with van der Waals surface area (Å²) in [6.07, 6.45) is 1.68. The number of benzene rings is 1. The third kappa shape index (κ3) is 5.53. The molecular formula is C21H25ClFN3O3S2. The van der Waals surface area contributed by atoms with Crippen LogP contribution >= 0.6 is 22.9 Å². The summed E-state index contributed by atoms with van der Waals surface area (Å²) in [5, 5.41) is 1.01. The number of nitrogens with one attached hydrogen (secondary N) is 1. The number of hydrogen-bond acceptors (Lipinski definition) is 5. The summed E-state index contributed by atoms with van der Waals surface area (Å²) in [6.45, 7) is 3.96. The zero-order valence-electron chi connectivity index (χ0n) is 17.7. The number of halogens is 2. The van der Waals surface area contributed by atoms with Crippen LogP contribution in [0, 0.1) is 12.7 Å². The van der Waals surface area contributed by atoms with Crippen LogP contribution < -0.4 is 9.62 Å². The summed E-state index contributed by atoms with van der Waals surface area (Å²) in [7, 11) is -0.0325. The molecule has 1 N–H and O–H groups in total. The number of rotatable bonds is 7. The Morgan fingerprint density at radius 3 is 2.65 bits per heavy atom. The molecule has 0 aliphatic carbocycles. The van der Waals surface area contributed by atoms with Gasteiger partial charge in [0.2, 0.25) is 15.9 Å². The van der Waals surface area contributed by atoms with Crippen LogP contribution in [0.4, 0.5) is 10.1 Å². The van der Waals surface area contributed by atoms with E-state index in [1.807, 2.05) is 32.0 Å². The van der Waals surface area contributed by atoms with Gasteiger partial charge in [-0.2, -0.15) is 4.72 Å². The van der Waals surface area contributed by atoms with Crippen LogP contribution in [0.3, 0.4) is 0 Å². The molecule has 168 valence electrons. The van der Waals surface area contributed by atoms with Crippen molar-refractivity contribution in [2.75, 3.05) is 25.5 Å². The lowest BCUT2D eigenvalue weighted by atomic mass is 10.0. The third-order valence-corrected chi connectivity index (χ3v) is 7.62. The third-order valence-electron chi connectivity index (χ3n) is 5.32. The number of aryl methyl sites for hydroxylation is 1. The van der Waals surface area contributed by atoms with Gasteiger partial charge in [0.05, 0.1) is 10.0 Å². The van der Waals surface area contributed by atoms with Gasteiger partial charge in [-0.25, -0.2) is 12.8 Å². The summed E-state index contributed by atoms with van der Waals surface area (Å²) >= 11 is 7.09. The Balaban J connectivity index is 1.76. The van der Waals surface area contributed by atoms with E-state index < -0.39 is 27.8 Å². The molecule has 1 aromatic heterocycles. The normalized spacial score (nSPS) is 18.5. The van der Waals surface area contributed by atoms with Crippen molar-refractivity contribution in [3.8, 4) is 0 Å². The van der Waals surface area contributed by atoms with Crippen molar-refractivity contribution < 1.29 is 17.6 Å². The molecule has 0 bridgehead atoms. The Kier molecular flexibility index (Phi) is 7.22. The second kappa shape index (κ2) is 9.38. The lowest BCUT2D eigenvalue weighted by Crippen LogP contribution is -2.41. The lowest BCUT2D eigenvalue weighted by molar-refractivity contribution is -0.118. The number of hydrogen-bond donors (Lipinski definition) is 1. The number of amides is 1. The molecule has 10 heteroatoms. The van der Waals surface area contributed by atoms with Crippen molar-refractivity contribution in [3.05, 3.63) is 55.8 Å². The molecule has 0 radical (unpaired) electrons. The average molecular weight is 486 g/mol. The van der Waals surface area contributed by atoms with E-state index >= 15 is 0 Å². The van der Waals surface area contributed by atoms with Crippen molar-refractivity contribution in [2.45, 2.75) is 32.4 Å². The van der Waals surface area contributed by atoms with Gasteiger partial charge in [-0.15, -0.1) is 11.3 Å². The van der Waals surface area contributed by atoms with Crippen molar-refractivity contribution in [2.24, 2.45) is 0 Å². The quantitative estimate of drug-likeness (QED) is 0.639. The van der Waals surface area contributed by atoms with Gasteiger partial charge in [-0.05, 0) is 69.8 Å². The highest BCUT2D eigenvalue weighted by atomic mass is 35.5. The zero-order chi connectivity index (χ0) is 22.9. The Labute approximate surface area is 191 Å². The maximum Gasteiger partial charge on any atom is 0.245 e. The first kappa shape index (κ1) is 23.9. The van der Waals surface area contributed by atoms with Gasteiger partial charge >= 0.3 is 0 Å². The van der Waals surface area contributed by atoms with E-state index in [0.717, 1.165) is 11.0 Å². The Morgan fingerprint density at radius 1 is 1.35 bits per heavy atom. The summed E-state index contributed by atoms with van der Waals surface area (Å²) in [5.74, 6) is -0.957. The highest BCUT2D eigenvalue weighted by Crippen LogP contribution is 2.32. The van der Waals surface area contributed by atoms with Crippen molar-refractivity contribution in [1.82, 2.24) is 9.62 Å². The smallest absolute Gasteiger partial charge is 0.245 e. The highest BCUT2D eigenvalue weighted by molar-refractivity contribution is 7.92. The fourth-order valence-electron chi connectivity index (χ4n) is 3.47. The van der Waals surface area contributed by atoms with Gasteiger partial charge in [-0.1, -0.05) is 17.7 Å². The molecule has 0 unspecified atom stereocenters. The molecule has 1 fully saturated rings. The fourth-order valence-corrected chi connectivity index (χ4v) is 5.54. The predicted molar refractivity (Wildman–Crippen MR) is 124 cm³/mol. The molecule has 2 atom stereocenters. The second-order valence-electron chi connectivity index (χ2n) is 7.75. The molecule has 0 spiro atoms. The second-order valence-corrected chi connectivity index (χ2v) is 11.1. The van der Waals surface area contributed by atoms with Crippen LogP contribution in [0.1, 0.15) is 35.4 Å². The lowest BCUT2D eigenvalue weighted by Gasteiger charge is -2.24. The molecule has 0 saturated carbocycles. The SMILES string of the molecule is Cc1cc([C@H](C)N(C)C)cc(F)c1N1CC[C@H](NS(=O)(=O)/C=C/c2ccc(Cl)s2)C1=O. The molecule has 3 rings (SSSR count). The minimum atomic E-state index is -3.85. The maximum absolute atomic E-state index is 15.0. The first-order valence-electron chi connectivity index (χ1n) is 9.72. The maximum atomic E-state index is 15.0. The predicted octanol–water partition coefficient (Wildman–Crippen LogP) is 4.17. The molecule has 2 aromatic rings. The van der Waals surface area contributed by atoms with Crippen LogP contribution in [0.25, 0.3) is 6.08 Å². The topological polar surface area (TPSA) is 69.7 Å². The molecule has 1 aliphatic heterocycles. The van der Waals surface area contributed by atoms with Gasteiger partial charge in [0.1, 0.15) is 11.9 Å². The Bertz CT molecular complexity index is 1090. The van der Waals surface area contributed by atoms with Crippen molar-refractivity contribution >= 4 is 50.6 Å². The largest absolute Gasteiger partial charge is 0.308 e. The Morgan fingerprint density at radius 2 is 2.06 bits per heavy atom. The summed E-state index contributed by atoms with van der Waals surface area (Å²) in [6, 6.07) is 5.75. The molecule has 2 heterocycles. The van der Waals surface area contributed by atoms with E-state index in [-0.39, 0.29) is 24.7 Å². The fraction of sp³-hybridized carbons (Fsp3) is 0.381. The number of thiophene rings is 1. The van der Waals surface area contributed by atoms with Crippen molar-refractivity contribution in [3.63, 3.8) is 0 Å². The molecule has 31 heavy (non-hydrogen) atoms. The number of anilines is 1. The molecule has 1 aliphatic rings. The molecule has 1 amide bonds. The summed E-state index contributed by atoms with van der Waals surface area (Å²) < 4.78 is 42.7. The van der Waals surface area contributed by atoms with E-state index in [9.17, 15) is 17.6 Å². The van der Waals surface area contributed by atoms with E-state index in [4.69, 9.17) is 11.6 Å². The van der Waals surface area contributed by atoms with E-state index in [1.54, 1.807) is 19.1 Å². The number of carbonyl (C=O) groups excluding carboxylic acids is 1. The van der Waals surface area contributed by atoms with Gasteiger partial charge < -0.3 is 9.80 Å². The Hall–Kier alpha value is -1.78. The van der Waals surface area contributed by atoms with Gasteiger partial charge in [-0.3, -0.25) is 4.79 Å². The van der Waals surface area contributed by atoms with E-state index in [0.29, 0.717) is 14.8 Å². The zero-order valence-corrected chi connectivity index (χ0v) is 20.1. The van der Waals surface area contributed by atoms with Crippen LogP contribution in [-0.2, 0) is 14.8 Å². The van der Waals surface area contributed by atoms with Gasteiger partial charge in [0, 0.05) is 22.9 Å². The van der Waals surface area contributed by atoms with Crippen LogP contribution in [-0.4, -0.2) is 45.9 Å². The summed E-state index contributed by atoms with van der Waals surface area (Å²) in [4.78, 5) is 16.9. The van der Waals surface area contributed by atoms with Crippen LogP contribution in [0.15, 0.2) is 29.7 Å². The molecular weight excluding hydrogens is 461 g/mol. The van der Waals surface area contributed by atoms with Gasteiger partial charge in [0.15, 0.2) is 0 Å². The molecule has 1 aromatic carbocycles. The van der Waals surface area contributed by atoms with E-state index in [2.05, 4.69) is 4.72 Å². The van der Waals surface area contributed by atoms with Crippen molar-refractivity contribution in [1.29, 1.82) is 0 Å². The molecule has 1 saturated heterocycles. The number of carbonyl (C=O) groups is 1. The number of nitrogens with zero attached hydrogens (tertiary/aromatic N) is 2. The first-order chi connectivity index (χ1) is 14.5. The van der Waals surface area contributed by atoms with Gasteiger partial charge in [0.25, 0.3) is 0 Å². The average Bonchev–Trinajstić information content (AvgIpc) is 3.25. The first-order valence-corrected chi connectivity index (χ1v) is 12.5. The minimum Gasteiger partial charge on any atom is -0.308 e. The van der Waals surface area contributed by atoms with Crippen LogP contribution in [0.2, 0.25) is 4.34 Å². The number of sulfonamides is 1. The van der Waals surface area contributed by atoms with Crippen LogP contribution in [0.5, 0.6) is 0 Å². The standard InChI is InChI=1S/C21H25ClFN3O3S2/c1-13-11-15(14(2)25(3)4)12-17(23)20(13)26-9-7-18(21(26)27)24-31(28,29)10-8-16-5-6-19(22)30-16/h5-6,8,10-12,14,18,24H,7,9H2,1-4H3/b10-8+/t14-,18-/m0/s1. The highest BCUT2D eigenvalue weighted by Gasteiger charge is 2.36. The van der Waals surface area contributed by atoms with E-state index in [1.165, 1.54) is 28.4 Å². The minimum absolute atomic E-state index is 0.0149. The summed E-state index contributed by atoms with van der Waals surface area (Å²) in [5.41, 5.74) is 1.65. The monoisotopic (exact) mass is 485 g/mol. The molecule has 6 nitrogen and oxygen atoms in total.